The van der Waals surface area contributed by atoms with Crippen LogP contribution in [0.3, 0.4) is 0 Å². The molecule has 4 aliphatic heterocycles. The van der Waals surface area contributed by atoms with E-state index in [1.54, 1.807) is 0 Å². The summed E-state index contributed by atoms with van der Waals surface area (Å²) < 4.78 is 43.3. The molecule has 0 atom stereocenters. The smallest absolute Gasteiger partial charge is 0.231 e. The summed E-state index contributed by atoms with van der Waals surface area (Å²) in [7, 11) is 0. The molecule has 9 heteroatoms. The van der Waals surface area contributed by atoms with Crippen LogP contribution in [0.2, 0.25) is 0 Å². The van der Waals surface area contributed by atoms with Gasteiger partial charge in [0.2, 0.25) is 27.2 Å². The molecule has 0 bridgehead atoms. The lowest BCUT2D eigenvalue weighted by molar-refractivity contribution is 0.173. The van der Waals surface area contributed by atoms with Crippen molar-refractivity contribution in [3.05, 3.63) is 160 Å². The molecule has 0 amide bonds. The van der Waals surface area contributed by atoms with E-state index in [1.807, 2.05) is 48.5 Å². The van der Waals surface area contributed by atoms with E-state index in [0.717, 1.165) is 94.2 Å². The standard InChI is InChI=1S/C22H18O4.C21H17NO4/c1-2-16(10-18-6-8-20-22(12-18)26-14-24-20)4-3-15(1)9-17-5-7-19-21(11-17)25-13-23-19;1-2-16(8-14-4-6-18-20(10-14)25-12-23-18)22-17(3-1)9-15-5-7-19-21(11-15)26-13-24-19/h1-8,11-12H,9-10,13-14H2;1-7,10-11H,8-9,12-13H2. The highest BCUT2D eigenvalue weighted by molar-refractivity contribution is 5.48. The quantitative estimate of drug-likeness (QED) is 0.157. The van der Waals surface area contributed by atoms with Crippen molar-refractivity contribution in [2.75, 3.05) is 27.2 Å². The number of benzene rings is 5. The van der Waals surface area contributed by atoms with E-state index in [-0.39, 0.29) is 0 Å². The van der Waals surface area contributed by atoms with Gasteiger partial charge < -0.3 is 37.9 Å². The molecule has 0 fully saturated rings. The molecule has 1 aromatic heterocycles. The maximum atomic E-state index is 5.45. The van der Waals surface area contributed by atoms with Gasteiger partial charge in [-0.05, 0) is 107 Å². The molecule has 5 aromatic carbocycles. The van der Waals surface area contributed by atoms with Gasteiger partial charge in [-0.25, -0.2) is 0 Å². The van der Waals surface area contributed by atoms with E-state index in [0.29, 0.717) is 27.2 Å². The van der Waals surface area contributed by atoms with Crippen molar-refractivity contribution in [3.8, 4) is 46.0 Å². The first-order valence-electron chi connectivity index (χ1n) is 17.2. The molecule has 0 aliphatic carbocycles. The second-order valence-electron chi connectivity index (χ2n) is 12.9. The topological polar surface area (TPSA) is 86.7 Å². The average molecular weight is 694 g/mol. The Morgan fingerprint density at radius 1 is 0.308 bits per heavy atom. The third-order valence-corrected chi connectivity index (χ3v) is 9.22. The van der Waals surface area contributed by atoms with Crippen LogP contribution in [-0.4, -0.2) is 32.2 Å². The van der Waals surface area contributed by atoms with Crippen LogP contribution in [-0.2, 0) is 25.7 Å². The summed E-state index contributed by atoms with van der Waals surface area (Å²) in [6.07, 6.45) is 3.26. The predicted octanol–water partition coefficient (Wildman–Crippen LogP) is 8.05. The fourth-order valence-electron chi connectivity index (χ4n) is 6.59. The number of rotatable bonds is 8. The highest BCUT2D eigenvalue weighted by Crippen LogP contribution is 2.36. The van der Waals surface area contributed by atoms with E-state index in [4.69, 9.17) is 42.9 Å². The van der Waals surface area contributed by atoms with Crippen LogP contribution >= 0.6 is 0 Å². The van der Waals surface area contributed by atoms with E-state index < -0.39 is 0 Å². The molecule has 0 N–H and O–H groups in total. The Hall–Kier alpha value is -6.35. The fourth-order valence-corrected chi connectivity index (χ4v) is 6.59. The molecule has 0 spiro atoms. The number of hydrogen-bond donors (Lipinski definition) is 0. The van der Waals surface area contributed by atoms with Crippen LogP contribution in [0.1, 0.15) is 44.8 Å². The number of fused-ring (bicyclic) bond motifs is 4. The lowest BCUT2D eigenvalue weighted by Crippen LogP contribution is -1.98. The molecule has 0 saturated carbocycles. The Morgan fingerprint density at radius 3 is 0.942 bits per heavy atom. The number of pyridine rings is 1. The highest BCUT2D eigenvalue weighted by atomic mass is 16.7. The summed E-state index contributed by atoms with van der Waals surface area (Å²) in [5, 5.41) is 0. The Balaban J connectivity index is 0.000000138. The Labute approximate surface area is 301 Å². The minimum atomic E-state index is 0.294. The van der Waals surface area contributed by atoms with Crippen molar-refractivity contribution in [1.82, 2.24) is 4.98 Å². The zero-order chi connectivity index (χ0) is 34.7. The summed E-state index contributed by atoms with van der Waals surface area (Å²) in [5.41, 5.74) is 9.36. The van der Waals surface area contributed by atoms with Crippen molar-refractivity contribution in [1.29, 1.82) is 0 Å². The molecule has 6 aromatic rings. The zero-order valence-corrected chi connectivity index (χ0v) is 28.3. The predicted molar refractivity (Wildman–Crippen MR) is 192 cm³/mol. The van der Waals surface area contributed by atoms with Gasteiger partial charge in [0.15, 0.2) is 46.0 Å². The Bertz CT molecular complexity index is 2080. The first kappa shape index (κ1) is 31.6. The van der Waals surface area contributed by atoms with Crippen LogP contribution in [0.25, 0.3) is 0 Å². The molecule has 260 valence electrons. The van der Waals surface area contributed by atoms with Crippen molar-refractivity contribution < 1.29 is 37.9 Å². The summed E-state index contributed by atoms with van der Waals surface area (Å²) in [5.74, 6) is 6.54. The normalized spacial score (nSPS) is 13.8. The second-order valence-corrected chi connectivity index (χ2v) is 12.9. The van der Waals surface area contributed by atoms with Crippen LogP contribution in [0.4, 0.5) is 0 Å². The second kappa shape index (κ2) is 14.1. The van der Waals surface area contributed by atoms with Crippen LogP contribution < -0.4 is 37.9 Å². The van der Waals surface area contributed by atoms with Gasteiger partial charge >= 0.3 is 0 Å². The summed E-state index contributed by atoms with van der Waals surface area (Å²) in [6, 6.07) is 39.2. The molecule has 52 heavy (non-hydrogen) atoms. The molecule has 5 heterocycles. The molecule has 10 rings (SSSR count). The highest BCUT2D eigenvalue weighted by Gasteiger charge is 2.17. The molecule has 0 unspecified atom stereocenters. The molecule has 0 saturated heterocycles. The maximum absolute atomic E-state index is 5.45. The summed E-state index contributed by atoms with van der Waals surface area (Å²) in [6.45, 7) is 1.21. The van der Waals surface area contributed by atoms with Gasteiger partial charge in [0, 0.05) is 24.2 Å². The molecule has 4 aliphatic rings. The van der Waals surface area contributed by atoms with Crippen LogP contribution in [0.15, 0.2) is 115 Å². The molecule has 9 nitrogen and oxygen atoms in total. The minimum absolute atomic E-state index is 0.294. The third kappa shape index (κ3) is 7.11. The van der Waals surface area contributed by atoms with Crippen molar-refractivity contribution in [2.24, 2.45) is 0 Å². The van der Waals surface area contributed by atoms with Gasteiger partial charge in [-0.3, -0.25) is 4.98 Å². The SMILES string of the molecule is c1cc(Cc2ccc3c(c2)OCO3)ccc1Cc1ccc2c(c1)OCO2.c1cc(Cc2ccc3c(c2)OCO3)nc(Cc2ccc3c(c2)OCO3)c1. The van der Waals surface area contributed by atoms with E-state index >= 15 is 0 Å². The Kier molecular flexibility index (Phi) is 8.58. The van der Waals surface area contributed by atoms with Gasteiger partial charge in [0.1, 0.15) is 0 Å². The number of aromatic nitrogens is 1. The van der Waals surface area contributed by atoms with Crippen LogP contribution in [0, 0.1) is 0 Å². The van der Waals surface area contributed by atoms with E-state index in [2.05, 4.69) is 66.7 Å². The Morgan fingerprint density at radius 2 is 0.596 bits per heavy atom. The van der Waals surface area contributed by atoms with Gasteiger partial charge in [-0.2, -0.15) is 0 Å². The van der Waals surface area contributed by atoms with Crippen LogP contribution in [0.5, 0.6) is 46.0 Å². The van der Waals surface area contributed by atoms with E-state index in [1.165, 1.54) is 22.3 Å². The minimum Gasteiger partial charge on any atom is -0.454 e. The van der Waals surface area contributed by atoms with Crippen molar-refractivity contribution in [2.45, 2.75) is 25.7 Å². The lowest BCUT2D eigenvalue weighted by Gasteiger charge is -2.07. The summed E-state index contributed by atoms with van der Waals surface area (Å²) in [4.78, 5) is 4.81. The van der Waals surface area contributed by atoms with Crippen molar-refractivity contribution in [3.63, 3.8) is 0 Å². The largest absolute Gasteiger partial charge is 0.454 e. The lowest BCUT2D eigenvalue weighted by atomic mass is 10.00. The molecular weight excluding hydrogens is 658 g/mol. The molecular formula is C43H35NO8. The summed E-state index contributed by atoms with van der Waals surface area (Å²) >= 11 is 0. The maximum Gasteiger partial charge on any atom is 0.231 e. The third-order valence-electron chi connectivity index (χ3n) is 9.22. The number of nitrogens with zero attached hydrogens (tertiary/aromatic N) is 1. The number of ether oxygens (including phenoxy) is 8. The number of hydrogen-bond acceptors (Lipinski definition) is 9. The monoisotopic (exact) mass is 693 g/mol. The first-order valence-corrected chi connectivity index (χ1v) is 17.2. The van der Waals surface area contributed by atoms with Gasteiger partial charge in [-0.15, -0.1) is 0 Å². The zero-order valence-electron chi connectivity index (χ0n) is 28.3. The van der Waals surface area contributed by atoms with Gasteiger partial charge in [-0.1, -0.05) is 54.6 Å². The average Bonchev–Trinajstić information content (AvgIpc) is 4.00. The van der Waals surface area contributed by atoms with E-state index in [9.17, 15) is 0 Å². The van der Waals surface area contributed by atoms with Crippen molar-refractivity contribution >= 4 is 0 Å². The van der Waals surface area contributed by atoms with Gasteiger partial charge in [0.05, 0.1) is 0 Å². The first-order chi connectivity index (χ1) is 25.7. The fraction of sp³-hybridized carbons (Fsp3) is 0.186. The van der Waals surface area contributed by atoms with Gasteiger partial charge in [0.25, 0.3) is 0 Å². The molecule has 0 radical (unpaired) electrons.